The fraction of sp³-hybridized carbons (Fsp3) is 0.292. The van der Waals surface area contributed by atoms with E-state index >= 15 is 0 Å². The Kier molecular flexibility index (Phi) is 7.14. The SMILES string of the molecule is O=C(N[C@@H](Cc1ccccc1)C(=O)NCc1ccc(N2CCOCC2)nc1)c1ccco1. The number of ether oxygens (including phenoxy) is 1. The Morgan fingerprint density at radius 3 is 2.50 bits per heavy atom. The van der Waals surface area contributed by atoms with E-state index in [1.807, 2.05) is 42.5 Å². The third-order valence-electron chi connectivity index (χ3n) is 5.26. The molecular formula is C24H26N4O4. The summed E-state index contributed by atoms with van der Waals surface area (Å²) in [6.45, 7) is 3.36. The van der Waals surface area contributed by atoms with Crippen LogP contribution in [-0.4, -0.2) is 49.1 Å². The molecule has 0 spiro atoms. The van der Waals surface area contributed by atoms with Crippen LogP contribution in [0, 0.1) is 0 Å². The van der Waals surface area contributed by atoms with Gasteiger partial charge in [-0.05, 0) is 29.3 Å². The predicted molar refractivity (Wildman–Crippen MR) is 119 cm³/mol. The molecule has 2 amide bonds. The molecule has 1 atom stereocenters. The highest BCUT2D eigenvalue weighted by Crippen LogP contribution is 2.13. The first-order valence-corrected chi connectivity index (χ1v) is 10.6. The Morgan fingerprint density at radius 1 is 1.00 bits per heavy atom. The second kappa shape index (κ2) is 10.6. The fourth-order valence-electron chi connectivity index (χ4n) is 3.51. The van der Waals surface area contributed by atoms with Gasteiger partial charge in [-0.3, -0.25) is 9.59 Å². The maximum Gasteiger partial charge on any atom is 0.287 e. The maximum absolute atomic E-state index is 12.9. The number of carbonyl (C=O) groups is 2. The van der Waals surface area contributed by atoms with Gasteiger partial charge in [-0.25, -0.2) is 4.98 Å². The number of hydrogen-bond donors (Lipinski definition) is 2. The monoisotopic (exact) mass is 434 g/mol. The van der Waals surface area contributed by atoms with Crippen molar-refractivity contribution in [2.75, 3.05) is 31.2 Å². The van der Waals surface area contributed by atoms with Gasteiger partial charge >= 0.3 is 0 Å². The average Bonchev–Trinajstić information content (AvgIpc) is 3.39. The number of nitrogens with zero attached hydrogens (tertiary/aromatic N) is 2. The van der Waals surface area contributed by atoms with Crippen molar-refractivity contribution in [1.82, 2.24) is 15.6 Å². The zero-order valence-corrected chi connectivity index (χ0v) is 17.7. The number of hydrogen-bond acceptors (Lipinski definition) is 6. The minimum atomic E-state index is -0.740. The van der Waals surface area contributed by atoms with E-state index < -0.39 is 11.9 Å². The van der Waals surface area contributed by atoms with Crippen LogP contribution in [0.15, 0.2) is 71.5 Å². The summed E-state index contributed by atoms with van der Waals surface area (Å²) < 4.78 is 10.5. The van der Waals surface area contributed by atoms with Gasteiger partial charge in [0, 0.05) is 32.3 Å². The highest BCUT2D eigenvalue weighted by molar-refractivity contribution is 5.95. The van der Waals surface area contributed by atoms with Crippen molar-refractivity contribution >= 4 is 17.6 Å². The number of anilines is 1. The van der Waals surface area contributed by atoms with E-state index in [4.69, 9.17) is 9.15 Å². The second-order valence-corrected chi connectivity index (χ2v) is 7.53. The van der Waals surface area contributed by atoms with Gasteiger partial charge in [-0.2, -0.15) is 0 Å². The minimum absolute atomic E-state index is 0.166. The maximum atomic E-state index is 12.9. The molecule has 32 heavy (non-hydrogen) atoms. The lowest BCUT2D eigenvalue weighted by atomic mass is 10.0. The number of furan rings is 1. The van der Waals surface area contributed by atoms with Gasteiger partial charge in [0.15, 0.2) is 5.76 Å². The van der Waals surface area contributed by atoms with Gasteiger partial charge in [0.1, 0.15) is 11.9 Å². The van der Waals surface area contributed by atoms with Crippen LogP contribution in [0.4, 0.5) is 5.82 Å². The van der Waals surface area contributed by atoms with Gasteiger partial charge in [-0.1, -0.05) is 36.4 Å². The van der Waals surface area contributed by atoms with Crippen LogP contribution in [0.5, 0.6) is 0 Å². The zero-order valence-electron chi connectivity index (χ0n) is 17.7. The topological polar surface area (TPSA) is 96.7 Å². The molecule has 1 aromatic carbocycles. The van der Waals surface area contributed by atoms with Gasteiger partial charge in [0.2, 0.25) is 5.91 Å². The highest BCUT2D eigenvalue weighted by atomic mass is 16.5. The lowest BCUT2D eigenvalue weighted by Gasteiger charge is -2.27. The van der Waals surface area contributed by atoms with E-state index in [-0.39, 0.29) is 11.7 Å². The van der Waals surface area contributed by atoms with E-state index in [1.165, 1.54) is 6.26 Å². The van der Waals surface area contributed by atoms with Crippen molar-refractivity contribution in [3.8, 4) is 0 Å². The molecule has 0 aliphatic carbocycles. The van der Waals surface area contributed by atoms with E-state index in [9.17, 15) is 9.59 Å². The summed E-state index contributed by atoms with van der Waals surface area (Å²) in [5.74, 6) is 0.364. The summed E-state index contributed by atoms with van der Waals surface area (Å²) >= 11 is 0. The molecule has 0 bridgehead atoms. The normalized spacial score (nSPS) is 14.6. The quantitative estimate of drug-likeness (QED) is 0.564. The number of pyridine rings is 1. The Balaban J connectivity index is 1.38. The number of nitrogens with one attached hydrogen (secondary N) is 2. The molecule has 1 aliphatic heterocycles. The van der Waals surface area contributed by atoms with Crippen molar-refractivity contribution < 1.29 is 18.7 Å². The molecule has 0 radical (unpaired) electrons. The van der Waals surface area contributed by atoms with Crippen molar-refractivity contribution in [1.29, 1.82) is 0 Å². The van der Waals surface area contributed by atoms with Crippen molar-refractivity contribution in [2.45, 2.75) is 19.0 Å². The number of carbonyl (C=O) groups excluding carboxylic acids is 2. The largest absolute Gasteiger partial charge is 0.459 e. The molecule has 8 nitrogen and oxygen atoms in total. The Labute approximate surface area is 186 Å². The zero-order chi connectivity index (χ0) is 22.2. The molecule has 1 saturated heterocycles. The first kappa shape index (κ1) is 21.6. The van der Waals surface area contributed by atoms with Crippen LogP contribution in [0.1, 0.15) is 21.7 Å². The smallest absolute Gasteiger partial charge is 0.287 e. The lowest BCUT2D eigenvalue weighted by Crippen LogP contribution is -2.47. The van der Waals surface area contributed by atoms with Crippen LogP contribution >= 0.6 is 0 Å². The van der Waals surface area contributed by atoms with Crippen LogP contribution < -0.4 is 15.5 Å². The van der Waals surface area contributed by atoms with Crippen LogP contribution in [0.2, 0.25) is 0 Å². The van der Waals surface area contributed by atoms with Crippen LogP contribution in [-0.2, 0) is 22.5 Å². The predicted octanol–water partition coefficient (Wildman–Crippen LogP) is 2.17. The molecule has 3 heterocycles. The summed E-state index contributed by atoms with van der Waals surface area (Å²) in [5.41, 5.74) is 1.83. The molecular weight excluding hydrogens is 408 g/mol. The molecule has 2 N–H and O–H groups in total. The highest BCUT2D eigenvalue weighted by Gasteiger charge is 2.23. The second-order valence-electron chi connectivity index (χ2n) is 7.53. The molecule has 0 saturated carbocycles. The number of morpholine rings is 1. The van der Waals surface area contributed by atoms with E-state index in [0.29, 0.717) is 26.2 Å². The van der Waals surface area contributed by atoms with Crippen molar-refractivity contribution in [3.05, 3.63) is 83.9 Å². The standard InChI is InChI=1S/C24H26N4O4/c29-23(26-17-19-8-9-22(25-16-19)28-10-13-31-14-11-28)20(15-18-5-2-1-3-6-18)27-24(30)21-7-4-12-32-21/h1-9,12,16,20H,10-11,13-15,17H2,(H,26,29)(H,27,30)/t20-/m0/s1. The summed E-state index contributed by atoms with van der Waals surface area (Å²) in [6, 6.07) is 15.9. The summed E-state index contributed by atoms with van der Waals surface area (Å²) in [4.78, 5) is 32.1. The van der Waals surface area contributed by atoms with Gasteiger partial charge < -0.3 is 24.7 Å². The molecule has 8 heteroatoms. The van der Waals surface area contributed by atoms with Crippen LogP contribution in [0.25, 0.3) is 0 Å². The summed E-state index contributed by atoms with van der Waals surface area (Å²) in [6.07, 6.45) is 3.56. The molecule has 1 aliphatic rings. The third-order valence-corrected chi connectivity index (χ3v) is 5.26. The average molecular weight is 434 g/mol. The van der Waals surface area contributed by atoms with Gasteiger partial charge in [0.25, 0.3) is 5.91 Å². The Bertz CT molecular complexity index is 1000. The van der Waals surface area contributed by atoms with E-state index in [2.05, 4.69) is 20.5 Å². The molecule has 2 aromatic heterocycles. The lowest BCUT2D eigenvalue weighted by molar-refractivity contribution is -0.123. The number of aromatic nitrogens is 1. The Hall–Kier alpha value is -3.65. The number of amides is 2. The third kappa shape index (κ3) is 5.73. The first-order chi connectivity index (χ1) is 15.7. The molecule has 166 valence electrons. The fourth-order valence-corrected chi connectivity index (χ4v) is 3.51. The minimum Gasteiger partial charge on any atom is -0.459 e. The Morgan fingerprint density at radius 2 is 1.81 bits per heavy atom. The summed E-state index contributed by atoms with van der Waals surface area (Å²) in [5, 5.41) is 5.69. The van der Waals surface area contributed by atoms with Gasteiger partial charge in [-0.15, -0.1) is 0 Å². The van der Waals surface area contributed by atoms with Gasteiger partial charge in [0.05, 0.1) is 19.5 Å². The van der Waals surface area contributed by atoms with E-state index in [0.717, 1.165) is 30.0 Å². The van der Waals surface area contributed by atoms with Crippen molar-refractivity contribution in [2.24, 2.45) is 0 Å². The van der Waals surface area contributed by atoms with Crippen molar-refractivity contribution in [3.63, 3.8) is 0 Å². The molecule has 3 aromatic rings. The molecule has 1 fully saturated rings. The van der Waals surface area contributed by atoms with E-state index in [1.54, 1.807) is 18.3 Å². The molecule has 0 unspecified atom stereocenters. The summed E-state index contributed by atoms with van der Waals surface area (Å²) in [7, 11) is 0. The number of rotatable bonds is 8. The first-order valence-electron chi connectivity index (χ1n) is 10.6. The number of benzene rings is 1. The van der Waals surface area contributed by atoms with Crippen LogP contribution in [0.3, 0.4) is 0 Å². The molecule has 4 rings (SSSR count).